The summed E-state index contributed by atoms with van der Waals surface area (Å²) in [6.45, 7) is 8.18. The zero-order chi connectivity index (χ0) is 19.0. The third-order valence-corrected chi connectivity index (χ3v) is 6.40. The van der Waals surface area contributed by atoms with Crippen LogP contribution < -0.4 is 0 Å². The van der Waals surface area contributed by atoms with E-state index in [1.807, 2.05) is 11.0 Å². The van der Waals surface area contributed by atoms with E-state index >= 15 is 0 Å². The van der Waals surface area contributed by atoms with Gasteiger partial charge in [0.1, 0.15) is 0 Å². The third-order valence-electron chi connectivity index (χ3n) is 6.17. The lowest BCUT2D eigenvalue weighted by Crippen LogP contribution is -2.45. The fourth-order valence-corrected chi connectivity index (χ4v) is 4.77. The summed E-state index contributed by atoms with van der Waals surface area (Å²) in [5.41, 5.74) is 3.68. The lowest BCUT2D eigenvalue weighted by atomic mass is 9.94. The first-order chi connectivity index (χ1) is 13.0. The van der Waals surface area contributed by atoms with E-state index in [1.165, 1.54) is 16.6 Å². The Labute approximate surface area is 227 Å². The Morgan fingerprint density at radius 3 is 2.34 bits per heavy atom. The average molecular weight is 571 g/mol. The molecule has 32 heavy (non-hydrogen) atoms. The van der Waals surface area contributed by atoms with E-state index in [2.05, 4.69) is 34.0 Å². The van der Waals surface area contributed by atoms with Crippen molar-refractivity contribution in [2.75, 3.05) is 46.3 Å². The number of aromatic nitrogens is 1. The summed E-state index contributed by atoms with van der Waals surface area (Å²) in [6.07, 6.45) is 3.00. The van der Waals surface area contributed by atoms with Gasteiger partial charge in [-0.15, -0.1) is 62.0 Å². The van der Waals surface area contributed by atoms with Gasteiger partial charge in [-0.25, -0.2) is 0 Å². The highest BCUT2D eigenvalue weighted by Gasteiger charge is 2.31. The molecule has 2 aromatic rings. The van der Waals surface area contributed by atoms with Gasteiger partial charge in [-0.2, -0.15) is 0 Å². The molecule has 1 aromatic carbocycles. The zero-order valence-corrected chi connectivity index (χ0v) is 23.2. The standard InChI is InChI=1S/C21H29ClN4O.5ClH/c1-15(27)26-9-7-17-18-14-16(22)5-6-19(18)23-21(17)20(26)4-3-8-25-12-10-24(2)11-13-25;;;;;/h5-6,14,20,23H,3-4,7-13H2,1-2H3;5*1H. The molecule has 0 spiro atoms. The first-order valence-electron chi connectivity index (χ1n) is 10.0. The minimum absolute atomic E-state index is 0. The van der Waals surface area contributed by atoms with Gasteiger partial charge in [0, 0.05) is 61.3 Å². The molecule has 2 aliphatic heterocycles. The van der Waals surface area contributed by atoms with Gasteiger partial charge in [0.2, 0.25) is 5.91 Å². The number of amides is 1. The summed E-state index contributed by atoms with van der Waals surface area (Å²) >= 11 is 6.23. The topological polar surface area (TPSA) is 42.6 Å². The molecule has 186 valence electrons. The zero-order valence-electron chi connectivity index (χ0n) is 18.3. The van der Waals surface area contributed by atoms with Crippen LogP contribution in [0.2, 0.25) is 5.02 Å². The number of rotatable bonds is 4. The van der Waals surface area contributed by atoms with Crippen LogP contribution in [0.25, 0.3) is 10.9 Å². The van der Waals surface area contributed by atoms with Gasteiger partial charge in [0.05, 0.1) is 6.04 Å². The predicted octanol–water partition coefficient (Wildman–Crippen LogP) is 5.40. The molecule has 1 saturated heterocycles. The summed E-state index contributed by atoms with van der Waals surface area (Å²) in [4.78, 5) is 22.8. The maximum atomic E-state index is 12.3. The van der Waals surface area contributed by atoms with Crippen LogP contribution in [0, 0.1) is 0 Å². The molecular weight excluding hydrogens is 537 g/mol. The summed E-state index contributed by atoms with van der Waals surface area (Å²) in [7, 11) is 2.19. The van der Waals surface area contributed by atoms with E-state index in [9.17, 15) is 4.79 Å². The average Bonchev–Trinajstić information content (AvgIpc) is 3.01. The number of fused-ring (bicyclic) bond motifs is 3. The first-order valence-corrected chi connectivity index (χ1v) is 10.4. The van der Waals surface area contributed by atoms with Crippen molar-refractivity contribution in [3.05, 3.63) is 34.5 Å². The largest absolute Gasteiger partial charge is 0.356 e. The molecule has 1 atom stereocenters. The molecule has 1 aromatic heterocycles. The van der Waals surface area contributed by atoms with Crippen molar-refractivity contribution in [3.8, 4) is 0 Å². The van der Waals surface area contributed by atoms with E-state index in [1.54, 1.807) is 6.92 Å². The van der Waals surface area contributed by atoms with Gasteiger partial charge in [0.15, 0.2) is 0 Å². The molecule has 0 saturated carbocycles. The minimum Gasteiger partial charge on any atom is -0.356 e. The fourth-order valence-electron chi connectivity index (χ4n) is 4.60. The van der Waals surface area contributed by atoms with Crippen molar-refractivity contribution in [1.29, 1.82) is 0 Å². The number of aromatic amines is 1. The normalized spacial score (nSPS) is 18.2. The number of benzene rings is 1. The van der Waals surface area contributed by atoms with Crippen LogP contribution in [0.3, 0.4) is 0 Å². The van der Waals surface area contributed by atoms with Gasteiger partial charge in [-0.05, 0) is 56.6 Å². The maximum absolute atomic E-state index is 12.3. The van der Waals surface area contributed by atoms with Gasteiger partial charge >= 0.3 is 0 Å². The highest BCUT2D eigenvalue weighted by molar-refractivity contribution is 6.31. The van der Waals surface area contributed by atoms with Crippen LogP contribution in [-0.4, -0.2) is 71.9 Å². The summed E-state index contributed by atoms with van der Waals surface area (Å²) in [5.74, 6) is 0.168. The summed E-state index contributed by atoms with van der Waals surface area (Å²) in [6, 6.07) is 6.17. The molecule has 1 N–H and O–H groups in total. The van der Waals surface area contributed by atoms with Crippen LogP contribution in [0.1, 0.15) is 37.1 Å². The van der Waals surface area contributed by atoms with Crippen molar-refractivity contribution in [1.82, 2.24) is 19.7 Å². The van der Waals surface area contributed by atoms with Crippen molar-refractivity contribution < 1.29 is 4.79 Å². The molecule has 5 nitrogen and oxygen atoms in total. The Morgan fingerprint density at radius 2 is 1.72 bits per heavy atom. The highest BCUT2D eigenvalue weighted by atomic mass is 35.5. The van der Waals surface area contributed by atoms with Crippen LogP contribution in [0.5, 0.6) is 0 Å². The number of likely N-dealkylation sites (N-methyl/N-ethyl adjacent to an activating group) is 1. The molecule has 0 bridgehead atoms. The van der Waals surface area contributed by atoms with E-state index in [4.69, 9.17) is 11.6 Å². The smallest absolute Gasteiger partial charge is 0.220 e. The number of nitrogens with one attached hydrogen (secondary N) is 1. The van der Waals surface area contributed by atoms with E-state index < -0.39 is 0 Å². The highest BCUT2D eigenvalue weighted by Crippen LogP contribution is 2.37. The maximum Gasteiger partial charge on any atom is 0.220 e. The summed E-state index contributed by atoms with van der Waals surface area (Å²) in [5, 5.41) is 1.98. The monoisotopic (exact) mass is 568 g/mol. The number of halogens is 6. The molecule has 2 aliphatic rings. The van der Waals surface area contributed by atoms with Crippen LogP contribution in [0.4, 0.5) is 0 Å². The number of hydrogen-bond acceptors (Lipinski definition) is 3. The van der Waals surface area contributed by atoms with Crippen LogP contribution in [-0.2, 0) is 11.2 Å². The Balaban J connectivity index is 0. The van der Waals surface area contributed by atoms with E-state index in [0.717, 1.165) is 69.1 Å². The summed E-state index contributed by atoms with van der Waals surface area (Å²) < 4.78 is 0. The molecule has 0 radical (unpaired) electrons. The molecular formula is C21H34Cl6N4O. The molecule has 11 heteroatoms. The fraction of sp³-hybridized carbons (Fsp3) is 0.571. The van der Waals surface area contributed by atoms with Crippen molar-refractivity contribution in [2.24, 2.45) is 0 Å². The molecule has 3 heterocycles. The second kappa shape index (κ2) is 15.0. The molecule has 1 unspecified atom stereocenters. The number of H-pyrrole nitrogens is 1. The SMILES string of the molecule is CC(=O)N1CCc2c([nH]c3ccc(Cl)cc23)C1CCCN1CCN(C)CC1.Cl.Cl.Cl.Cl.Cl. The quantitative estimate of drug-likeness (QED) is 0.535. The van der Waals surface area contributed by atoms with Crippen LogP contribution in [0.15, 0.2) is 18.2 Å². The second-order valence-corrected chi connectivity index (χ2v) is 8.41. The van der Waals surface area contributed by atoms with E-state index in [0.29, 0.717) is 0 Å². The Hall–Kier alpha value is -0.110. The van der Waals surface area contributed by atoms with Crippen LogP contribution >= 0.6 is 73.6 Å². The van der Waals surface area contributed by atoms with Crippen molar-refractivity contribution in [3.63, 3.8) is 0 Å². The number of carbonyl (C=O) groups excluding carboxylic acids is 1. The minimum atomic E-state index is 0. The number of carbonyl (C=O) groups is 1. The lowest BCUT2D eigenvalue weighted by Gasteiger charge is -2.36. The lowest BCUT2D eigenvalue weighted by molar-refractivity contribution is -0.132. The molecule has 1 fully saturated rings. The molecule has 0 aliphatic carbocycles. The van der Waals surface area contributed by atoms with Gasteiger partial charge in [-0.3, -0.25) is 4.79 Å². The van der Waals surface area contributed by atoms with Gasteiger partial charge in [0.25, 0.3) is 0 Å². The molecule has 1 amide bonds. The Kier molecular flexibility index (Phi) is 16.0. The van der Waals surface area contributed by atoms with Crippen molar-refractivity contribution >= 4 is 90.4 Å². The predicted molar refractivity (Wildman–Crippen MR) is 147 cm³/mol. The molecule has 4 rings (SSSR count). The first kappa shape index (κ1) is 34.1. The third kappa shape index (κ3) is 7.44. The number of piperazine rings is 1. The Morgan fingerprint density at radius 1 is 1.06 bits per heavy atom. The number of nitrogens with zero attached hydrogens (tertiary/aromatic N) is 3. The number of hydrogen-bond donors (Lipinski definition) is 1. The van der Waals surface area contributed by atoms with Crippen molar-refractivity contribution in [2.45, 2.75) is 32.2 Å². The van der Waals surface area contributed by atoms with Gasteiger partial charge < -0.3 is 19.7 Å². The van der Waals surface area contributed by atoms with Gasteiger partial charge in [-0.1, -0.05) is 11.6 Å². The second-order valence-electron chi connectivity index (χ2n) is 7.97. The van der Waals surface area contributed by atoms with E-state index in [-0.39, 0.29) is 74.0 Å². The Bertz CT molecular complexity index is 841.